The Bertz CT molecular complexity index is 1170. The molecule has 0 amide bonds. The van der Waals surface area contributed by atoms with Gasteiger partial charge in [-0.05, 0) is 76.6 Å². The molecule has 30 heavy (non-hydrogen) atoms. The van der Waals surface area contributed by atoms with Crippen LogP contribution in [0, 0.1) is 0 Å². The van der Waals surface area contributed by atoms with Gasteiger partial charge in [-0.1, -0.05) is 91.0 Å². The van der Waals surface area contributed by atoms with Crippen LogP contribution in [0.5, 0.6) is 0 Å². The van der Waals surface area contributed by atoms with E-state index < -0.39 is 0 Å². The summed E-state index contributed by atoms with van der Waals surface area (Å²) in [5, 5.41) is 0. The fourth-order valence-corrected chi connectivity index (χ4v) is 3.69. The Morgan fingerprint density at radius 3 is 1.80 bits per heavy atom. The highest BCUT2D eigenvalue weighted by molar-refractivity contribution is 6.08. The highest BCUT2D eigenvalue weighted by Gasteiger charge is 2.23. The van der Waals surface area contributed by atoms with Gasteiger partial charge in [-0.3, -0.25) is 4.79 Å². The van der Waals surface area contributed by atoms with Crippen molar-refractivity contribution in [2.45, 2.75) is 13.8 Å². The first kappa shape index (κ1) is 19.6. The van der Waals surface area contributed by atoms with E-state index in [-0.39, 0.29) is 5.78 Å². The summed E-state index contributed by atoms with van der Waals surface area (Å²) >= 11 is 0. The Kier molecular flexibility index (Phi) is 5.72. The van der Waals surface area contributed by atoms with Gasteiger partial charge in [-0.15, -0.1) is 0 Å². The Balaban J connectivity index is 2.00. The van der Waals surface area contributed by atoms with E-state index in [1.165, 1.54) is 0 Å². The maximum absolute atomic E-state index is 12.1. The number of hydrogen-bond donors (Lipinski definition) is 0. The molecule has 3 aromatic carbocycles. The maximum Gasteiger partial charge on any atom is 0.155 e. The summed E-state index contributed by atoms with van der Waals surface area (Å²) in [6, 6.07) is 31.1. The number of carbonyl (C=O) groups is 1. The molecule has 0 aromatic heterocycles. The maximum atomic E-state index is 12.1. The molecule has 0 radical (unpaired) electrons. The van der Waals surface area contributed by atoms with E-state index in [0.717, 1.165) is 44.6 Å². The molecule has 0 saturated heterocycles. The molecule has 146 valence electrons. The summed E-state index contributed by atoms with van der Waals surface area (Å²) in [5.41, 5.74) is 8.71. The van der Waals surface area contributed by atoms with Crippen molar-refractivity contribution in [3.8, 4) is 0 Å². The van der Waals surface area contributed by atoms with Crippen molar-refractivity contribution in [1.29, 1.82) is 0 Å². The summed E-state index contributed by atoms with van der Waals surface area (Å²) < 4.78 is 0. The van der Waals surface area contributed by atoms with Crippen molar-refractivity contribution >= 4 is 23.0 Å². The molecule has 0 N–H and O–H groups in total. The van der Waals surface area contributed by atoms with E-state index in [1.54, 1.807) is 6.92 Å². The normalized spacial score (nSPS) is 15.5. The smallest absolute Gasteiger partial charge is 0.155 e. The first-order valence-corrected chi connectivity index (χ1v) is 10.2. The molecular formula is C29H24O. The molecule has 0 heterocycles. The molecule has 0 spiro atoms. The van der Waals surface area contributed by atoms with Crippen LogP contribution in [0.3, 0.4) is 0 Å². The number of hydrogen-bond acceptors (Lipinski definition) is 1. The van der Waals surface area contributed by atoms with Crippen LogP contribution in [0.25, 0.3) is 17.2 Å². The average Bonchev–Trinajstić information content (AvgIpc) is 3.13. The van der Waals surface area contributed by atoms with Crippen molar-refractivity contribution in [3.05, 3.63) is 137 Å². The third kappa shape index (κ3) is 4.16. The van der Waals surface area contributed by atoms with Gasteiger partial charge in [0, 0.05) is 0 Å². The van der Waals surface area contributed by atoms with Crippen molar-refractivity contribution < 1.29 is 4.79 Å². The number of carbonyl (C=O) groups excluding carboxylic acids is 1. The Morgan fingerprint density at radius 2 is 1.23 bits per heavy atom. The predicted octanol–water partition coefficient (Wildman–Crippen LogP) is 7.16. The average molecular weight is 389 g/mol. The van der Waals surface area contributed by atoms with Crippen LogP contribution >= 0.6 is 0 Å². The standard InChI is InChI=1S/C29H24O/c1-21(22(2)30)18-28-27(24-14-8-4-9-15-24)20-26(19-23-12-6-3-7-13-23)29(28)25-16-10-5-11-17-25/h3-20H,1-2H3/b21-18-,26-19+. The highest BCUT2D eigenvalue weighted by Crippen LogP contribution is 2.44. The summed E-state index contributed by atoms with van der Waals surface area (Å²) in [7, 11) is 0. The van der Waals surface area contributed by atoms with Gasteiger partial charge in [0.2, 0.25) is 0 Å². The van der Waals surface area contributed by atoms with Crippen LogP contribution < -0.4 is 0 Å². The summed E-state index contributed by atoms with van der Waals surface area (Å²) in [6.45, 7) is 3.51. The fraction of sp³-hybridized carbons (Fsp3) is 0.0690. The molecule has 1 heteroatoms. The Hall–Kier alpha value is -3.71. The minimum atomic E-state index is 0.0859. The number of Topliss-reactive ketones (excluding diaryl/α,β-unsaturated/α-hetero) is 1. The van der Waals surface area contributed by atoms with Gasteiger partial charge < -0.3 is 0 Å². The van der Waals surface area contributed by atoms with Crippen LogP contribution in [0.4, 0.5) is 0 Å². The van der Waals surface area contributed by atoms with Gasteiger partial charge in [0.1, 0.15) is 0 Å². The molecule has 1 nitrogen and oxygen atoms in total. The van der Waals surface area contributed by atoms with E-state index in [1.807, 2.05) is 31.2 Å². The molecule has 0 fully saturated rings. The molecule has 0 unspecified atom stereocenters. The monoisotopic (exact) mass is 388 g/mol. The summed E-state index contributed by atoms with van der Waals surface area (Å²) in [6.07, 6.45) is 6.49. The van der Waals surface area contributed by atoms with Gasteiger partial charge in [0.25, 0.3) is 0 Å². The molecule has 0 atom stereocenters. The lowest BCUT2D eigenvalue weighted by Crippen LogP contribution is -1.95. The molecular weight excluding hydrogens is 364 g/mol. The lowest BCUT2D eigenvalue weighted by atomic mass is 9.92. The minimum absolute atomic E-state index is 0.0859. The quantitative estimate of drug-likeness (QED) is 0.424. The third-order valence-corrected chi connectivity index (χ3v) is 5.33. The molecule has 0 saturated carbocycles. The van der Waals surface area contributed by atoms with Crippen molar-refractivity contribution in [2.24, 2.45) is 0 Å². The van der Waals surface area contributed by atoms with Crippen LogP contribution in [0.15, 0.2) is 120 Å². The first-order chi connectivity index (χ1) is 14.6. The lowest BCUT2D eigenvalue weighted by Gasteiger charge is -2.11. The van der Waals surface area contributed by atoms with Crippen molar-refractivity contribution in [1.82, 2.24) is 0 Å². The second-order valence-corrected chi connectivity index (χ2v) is 7.47. The van der Waals surface area contributed by atoms with Crippen LogP contribution in [0.2, 0.25) is 0 Å². The fourth-order valence-electron chi connectivity index (χ4n) is 3.69. The zero-order valence-corrected chi connectivity index (χ0v) is 17.3. The van der Waals surface area contributed by atoms with E-state index in [0.29, 0.717) is 0 Å². The number of ketones is 1. The largest absolute Gasteiger partial charge is 0.295 e. The van der Waals surface area contributed by atoms with Crippen LogP contribution in [-0.4, -0.2) is 5.78 Å². The van der Waals surface area contributed by atoms with Gasteiger partial charge in [-0.2, -0.15) is 0 Å². The van der Waals surface area contributed by atoms with Crippen molar-refractivity contribution in [3.63, 3.8) is 0 Å². The summed E-state index contributed by atoms with van der Waals surface area (Å²) in [5.74, 6) is 0.0859. The Morgan fingerprint density at radius 1 is 0.700 bits per heavy atom. The minimum Gasteiger partial charge on any atom is -0.295 e. The third-order valence-electron chi connectivity index (χ3n) is 5.33. The molecule has 1 aliphatic carbocycles. The Labute approximate surface area is 178 Å². The number of allylic oxidation sites excluding steroid dienone is 7. The van der Waals surface area contributed by atoms with E-state index in [9.17, 15) is 4.79 Å². The van der Waals surface area contributed by atoms with Gasteiger partial charge in [0.05, 0.1) is 0 Å². The van der Waals surface area contributed by atoms with Crippen LogP contribution in [0.1, 0.15) is 30.5 Å². The molecule has 0 aliphatic heterocycles. The van der Waals surface area contributed by atoms with Crippen molar-refractivity contribution in [2.75, 3.05) is 0 Å². The molecule has 4 rings (SSSR count). The first-order valence-electron chi connectivity index (χ1n) is 10.2. The zero-order chi connectivity index (χ0) is 20.9. The summed E-state index contributed by atoms with van der Waals surface area (Å²) in [4.78, 5) is 12.1. The van der Waals surface area contributed by atoms with Gasteiger partial charge in [0.15, 0.2) is 5.78 Å². The predicted molar refractivity (Wildman–Crippen MR) is 127 cm³/mol. The van der Waals surface area contributed by atoms with Gasteiger partial charge in [-0.25, -0.2) is 0 Å². The van der Waals surface area contributed by atoms with Gasteiger partial charge >= 0.3 is 0 Å². The second kappa shape index (κ2) is 8.75. The van der Waals surface area contributed by atoms with E-state index >= 15 is 0 Å². The lowest BCUT2D eigenvalue weighted by molar-refractivity contribution is -0.113. The molecule has 0 bridgehead atoms. The van der Waals surface area contributed by atoms with E-state index in [2.05, 4.69) is 84.9 Å². The number of rotatable bonds is 5. The molecule has 1 aliphatic rings. The topological polar surface area (TPSA) is 17.1 Å². The second-order valence-electron chi connectivity index (χ2n) is 7.47. The highest BCUT2D eigenvalue weighted by atomic mass is 16.1. The molecule has 3 aromatic rings. The SMILES string of the molecule is CC(=O)/C(C)=C\C1=C(c2ccccc2)C(=C/c2ccccc2)/C=C1c1ccccc1. The van der Waals surface area contributed by atoms with E-state index in [4.69, 9.17) is 0 Å². The van der Waals surface area contributed by atoms with Crippen LogP contribution in [-0.2, 0) is 4.79 Å². The zero-order valence-electron chi connectivity index (χ0n) is 17.3. The number of benzene rings is 3.